The number of benzene rings is 1. The van der Waals surface area contributed by atoms with Gasteiger partial charge < -0.3 is 44.5 Å². The number of carbonyl (C=O) groups excluding carboxylic acids is 2. The van der Waals surface area contributed by atoms with E-state index >= 15 is 0 Å². The Bertz CT molecular complexity index is 1100. The highest BCUT2D eigenvalue weighted by atomic mass is 32.2. The van der Waals surface area contributed by atoms with Crippen LogP contribution in [0.5, 0.6) is 0 Å². The number of isothiocyanates is 1. The Hall–Kier alpha value is -2.13. The van der Waals surface area contributed by atoms with Gasteiger partial charge in [-0.3, -0.25) is 4.79 Å². The SMILES string of the molecule is O=C1N[C@H]2[C@H](CS[C@H]2CCCCC(=O)OCc2ccc(C3O[13CH2][13C@H]4O[13C@@H](O[13CH2][13CH2]N=C=S)[13C@H](O)[13C@@H](O)[13CH]4O3)cc2)N1. The normalized spacial score (nSPS) is 34.1. The first-order valence-corrected chi connectivity index (χ1v) is 15.3. The summed E-state index contributed by atoms with van der Waals surface area (Å²) >= 11 is 6.38. The van der Waals surface area contributed by atoms with Crippen molar-refractivity contribution in [3.63, 3.8) is 0 Å². The number of thiocarbonyl (C=S) groups is 1. The zero-order valence-corrected chi connectivity index (χ0v) is 24.0. The van der Waals surface area contributed by atoms with Gasteiger partial charge in [-0.2, -0.15) is 11.8 Å². The number of amides is 2. The topological polar surface area (TPSA) is 157 Å². The lowest BCUT2D eigenvalue weighted by Crippen LogP contribution is -2.62. The smallest absolute Gasteiger partial charge is 0.315 e. The van der Waals surface area contributed by atoms with Gasteiger partial charge in [0.1, 0.15) is 31.0 Å². The van der Waals surface area contributed by atoms with Crippen molar-refractivity contribution in [2.24, 2.45) is 4.99 Å². The Morgan fingerprint density at radius 3 is 2.80 bits per heavy atom. The van der Waals surface area contributed by atoms with E-state index in [4.69, 9.17) is 23.7 Å². The van der Waals surface area contributed by atoms with Crippen LogP contribution in [0.2, 0.25) is 0 Å². The summed E-state index contributed by atoms with van der Waals surface area (Å²) in [5.74, 6) is 0.682. The Labute approximate surface area is 247 Å². The highest BCUT2D eigenvalue weighted by molar-refractivity contribution is 8.00. The first kappa shape index (κ1) is 30.3. The van der Waals surface area contributed by atoms with E-state index in [-0.39, 0.29) is 50.4 Å². The molecule has 2 amide bonds. The van der Waals surface area contributed by atoms with Crippen molar-refractivity contribution in [3.05, 3.63) is 35.4 Å². The monoisotopic (exact) mass is 617 g/mol. The number of rotatable bonds is 12. The van der Waals surface area contributed by atoms with E-state index in [2.05, 4.69) is 33.0 Å². The molecule has 4 saturated heterocycles. The average molecular weight is 618 g/mol. The Morgan fingerprint density at radius 2 is 2.00 bits per heavy atom. The second kappa shape index (κ2) is 14.4. The molecule has 0 aliphatic carbocycles. The van der Waals surface area contributed by atoms with E-state index in [1.807, 2.05) is 36.0 Å². The van der Waals surface area contributed by atoms with Crippen molar-refractivity contribution in [2.75, 3.05) is 25.5 Å². The molecule has 0 bridgehead atoms. The molecule has 9 atom stereocenters. The third-order valence-corrected chi connectivity index (χ3v) is 9.23. The second-order valence-electron chi connectivity index (χ2n) is 10.4. The summed E-state index contributed by atoms with van der Waals surface area (Å²) < 4.78 is 28.4. The first-order chi connectivity index (χ1) is 19.9. The number of urea groups is 1. The molecule has 41 heavy (non-hydrogen) atoms. The van der Waals surface area contributed by atoms with Crippen LogP contribution in [-0.2, 0) is 35.1 Å². The van der Waals surface area contributed by atoms with Crippen molar-refractivity contribution in [1.29, 1.82) is 0 Å². The van der Waals surface area contributed by atoms with Gasteiger partial charge in [0.15, 0.2) is 12.6 Å². The third kappa shape index (κ3) is 7.64. The van der Waals surface area contributed by atoms with E-state index in [0.29, 0.717) is 11.7 Å². The van der Waals surface area contributed by atoms with Crippen molar-refractivity contribution in [1.82, 2.24) is 10.6 Å². The number of aliphatic hydroxyl groups excluding tert-OH is 2. The molecule has 4 N–H and O–H groups in total. The van der Waals surface area contributed by atoms with Gasteiger partial charge in [0.2, 0.25) is 0 Å². The number of aliphatic imine (C=N–C) groups is 1. The molecular weight excluding hydrogens is 582 g/mol. The summed E-state index contributed by atoms with van der Waals surface area (Å²) in [6, 6.07) is 7.59. The molecule has 1 aromatic rings. The van der Waals surface area contributed by atoms with Crippen LogP contribution in [-0.4, -0.2) is 101 Å². The standard InChI is InChI=1S/C27H35N3O9S2/c31-20(4-2-1-3-19-21-17(13-41-19)29-27(34)30-21)36-11-15-5-7-16(8-6-15)25-37-12-18-24(39-25)22(32)23(33)26(38-18)35-10-9-28-14-40/h5-8,17-19,21-26,32-33H,1-4,9-13H2,(H2,29,30,34)/t17-,18+,19-,21-,22+,23+,24?,25?,26+/m0/s1/i9+1,10+1,12+1,18+1,22+1,23+1,24+1,26+1. The van der Waals surface area contributed by atoms with Crippen molar-refractivity contribution >= 4 is 41.1 Å². The number of carbonyl (C=O) groups is 2. The lowest BCUT2D eigenvalue weighted by molar-refractivity contribution is -0.361. The lowest BCUT2D eigenvalue weighted by Gasteiger charge is -2.46. The van der Waals surface area contributed by atoms with Crippen LogP contribution in [0.15, 0.2) is 29.3 Å². The van der Waals surface area contributed by atoms with Gasteiger partial charge in [0.05, 0.1) is 37.0 Å². The molecule has 0 spiro atoms. The molecule has 5 rings (SSSR count). The quantitative estimate of drug-likeness (QED) is 0.0672. The summed E-state index contributed by atoms with van der Waals surface area (Å²) in [5, 5.41) is 29.6. The summed E-state index contributed by atoms with van der Waals surface area (Å²) in [5.41, 5.74) is 1.54. The molecule has 4 heterocycles. The number of unbranched alkanes of at least 4 members (excludes halogenated alkanes) is 1. The molecule has 0 radical (unpaired) electrons. The largest absolute Gasteiger partial charge is 0.461 e. The first-order valence-electron chi connectivity index (χ1n) is 13.8. The maximum absolute atomic E-state index is 12.2. The fourth-order valence-electron chi connectivity index (χ4n) is 5.41. The Morgan fingerprint density at radius 1 is 1.17 bits per heavy atom. The number of nitrogens with one attached hydrogen (secondary N) is 2. The van der Waals surface area contributed by atoms with Gasteiger partial charge in [0.25, 0.3) is 0 Å². The highest BCUT2D eigenvalue weighted by Crippen LogP contribution is 2.35. The number of aliphatic hydroxyl groups is 2. The molecular formula is C27H35N3O9S2. The molecule has 4 aliphatic rings. The van der Waals surface area contributed by atoms with Crippen LogP contribution >= 0.6 is 24.0 Å². The van der Waals surface area contributed by atoms with Crippen molar-refractivity contribution in [2.45, 2.75) is 86.6 Å². The van der Waals surface area contributed by atoms with Crippen LogP contribution in [0.4, 0.5) is 4.79 Å². The number of esters is 1. The number of nitrogens with zero attached hydrogens (tertiary/aromatic N) is 1. The summed E-state index contributed by atoms with van der Waals surface area (Å²) in [7, 11) is 0. The van der Waals surface area contributed by atoms with Crippen LogP contribution in [0.25, 0.3) is 0 Å². The Balaban J connectivity index is 1.01. The van der Waals surface area contributed by atoms with Gasteiger partial charge in [0, 0.05) is 23.0 Å². The number of thioether (sulfide) groups is 1. The third-order valence-electron chi connectivity index (χ3n) is 7.59. The zero-order valence-electron chi connectivity index (χ0n) is 22.4. The van der Waals surface area contributed by atoms with Crippen LogP contribution < -0.4 is 10.6 Å². The van der Waals surface area contributed by atoms with Gasteiger partial charge in [-0.1, -0.05) is 30.7 Å². The zero-order chi connectivity index (χ0) is 28.8. The molecule has 4 fully saturated rings. The van der Waals surface area contributed by atoms with Gasteiger partial charge >= 0.3 is 12.0 Å². The summed E-state index contributed by atoms with van der Waals surface area (Å²) in [6.07, 6.45) is -2.79. The lowest BCUT2D eigenvalue weighted by atomic mass is 10.0. The predicted octanol–water partition coefficient (Wildman–Crippen LogP) is 1.44. The Kier molecular flexibility index (Phi) is 10.6. The molecule has 224 valence electrons. The van der Waals surface area contributed by atoms with Crippen LogP contribution in [0.1, 0.15) is 43.1 Å². The number of hydrogen-bond donors (Lipinski definition) is 4. The second-order valence-corrected chi connectivity index (χ2v) is 11.9. The van der Waals surface area contributed by atoms with E-state index < -0.39 is 37.0 Å². The molecule has 1 aromatic carbocycles. The van der Waals surface area contributed by atoms with E-state index in [1.165, 1.54) is 0 Å². The summed E-state index contributed by atoms with van der Waals surface area (Å²) in [4.78, 5) is 27.5. The minimum Gasteiger partial charge on any atom is -0.461 e. The van der Waals surface area contributed by atoms with Gasteiger partial charge in [-0.15, -0.1) is 0 Å². The van der Waals surface area contributed by atoms with Gasteiger partial charge in [-0.05, 0) is 30.6 Å². The molecule has 12 nitrogen and oxygen atoms in total. The van der Waals surface area contributed by atoms with Crippen molar-refractivity contribution < 1.29 is 43.5 Å². The summed E-state index contributed by atoms with van der Waals surface area (Å²) in [6.45, 7) is 0.725. The van der Waals surface area contributed by atoms with Crippen LogP contribution in [0, 0.1) is 0 Å². The van der Waals surface area contributed by atoms with E-state index in [9.17, 15) is 19.8 Å². The molecule has 4 aliphatic heterocycles. The predicted molar refractivity (Wildman–Crippen MR) is 150 cm³/mol. The molecule has 0 aromatic heterocycles. The fraction of sp³-hybridized carbons (Fsp3) is 0.667. The number of ether oxygens (including phenoxy) is 5. The maximum atomic E-state index is 12.2. The fourth-order valence-corrected chi connectivity index (χ4v) is 7.04. The molecule has 0 saturated carbocycles. The molecule has 14 heteroatoms. The highest BCUT2D eigenvalue weighted by Gasteiger charge is 2.49. The molecule has 2 unspecified atom stereocenters. The van der Waals surface area contributed by atoms with E-state index in [1.54, 1.807) is 0 Å². The maximum Gasteiger partial charge on any atom is 0.315 e. The number of hydrogen-bond acceptors (Lipinski definition) is 12. The number of fused-ring (bicyclic) bond motifs is 2. The van der Waals surface area contributed by atoms with Crippen molar-refractivity contribution in [3.8, 4) is 0 Å². The minimum atomic E-state index is -1.30. The van der Waals surface area contributed by atoms with Gasteiger partial charge in [-0.25, -0.2) is 9.79 Å². The average Bonchev–Trinajstić information content (AvgIpc) is 3.54. The van der Waals surface area contributed by atoms with Crippen LogP contribution in [0.3, 0.4) is 0 Å². The minimum absolute atomic E-state index is 0.0860. The van der Waals surface area contributed by atoms with E-state index in [0.717, 1.165) is 36.1 Å².